The Morgan fingerprint density at radius 2 is 1.88 bits per heavy atom. The Balaban J connectivity index is 2.63. The van der Waals surface area contributed by atoms with Gasteiger partial charge in [-0.3, -0.25) is 14.6 Å². The zero-order valence-electron chi connectivity index (χ0n) is 9.04. The summed E-state index contributed by atoms with van der Waals surface area (Å²) in [6, 6.07) is 5.26. The third-order valence-electron chi connectivity index (χ3n) is 1.48. The monoisotopic (exact) mass is 224 g/mol. The molecule has 1 aromatic rings. The molecular formula is C10H12N2O4. The first kappa shape index (κ1) is 12.1. The van der Waals surface area contributed by atoms with Crippen molar-refractivity contribution in [3.05, 3.63) is 30.1 Å². The van der Waals surface area contributed by atoms with Gasteiger partial charge in [0.05, 0.1) is 5.69 Å². The lowest BCUT2D eigenvalue weighted by molar-refractivity contribution is -0.329. The Morgan fingerprint density at radius 1 is 1.25 bits per heavy atom. The lowest BCUT2D eigenvalue weighted by atomic mass is 10.3. The number of aromatic nitrogens is 1. The first-order chi connectivity index (χ1) is 7.58. The molecule has 0 aliphatic rings. The Morgan fingerprint density at radius 3 is 2.31 bits per heavy atom. The molecule has 1 aromatic heterocycles. The third-order valence-corrected chi connectivity index (χ3v) is 1.48. The minimum atomic E-state index is -0.572. The van der Waals surface area contributed by atoms with Crippen molar-refractivity contribution in [2.24, 2.45) is 0 Å². The summed E-state index contributed by atoms with van der Waals surface area (Å²) < 4.78 is 0. The van der Waals surface area contributed by atoms with Crippen molar-refractivity contribution in [1.82, 2.24) is 10.2 Å². The lowest BCUT2D eigenvalue weighted by Gasteiger charge is -2.17. The summed E-state index contributed by atoms with van der Waals surface area (Å²) in [6.45, 7) is 2.52. The van der Waals surface area contributed by atoms with Crippen molar-refractivity contribution in [3.8, 4) is 0 Å². The van der Waals surface area contributed by atoms with Crippen LogP contribution in [0.5, 0.6) is 0 Å². The van der Waals surface area contributed by atoms with Crippen LogP contribution in [-0.4, -0.2) is 22.1 Å². The number of hydroxylamine groups is 2. The lowest BCUT2D eigenvalue weighted by Crippen LogP contribution is -2.28. The van der Waals surface area contributed by atoms with Crippen LogP contribution in [-0.2, 0) is 25.8 Å². The molecule has 6 heteroatoms. The predicted molar refractivity (Wildman–Crippen MR) is 53.3 cm³/mol. The van der Waals surface area contributed by atoms with Crippen molar-refractivity contribution in [3.63, 3.8) is 0 Å². The van der Waals surface area contributed by atoms with Crippen LogP contribution in [0.4, 0.5) is 0 Å². The predicted octanol–water partition coefficient (Wildman–Crippen LogP) is 0.840. The van der Waals surface area contributed by atoms with Gasteiger partial charge in [-0.15, -0.1) is 0 Å². The fraction of sp³-hybridized carbons (Fsp3) is 0.300. The van der Waals surface area contributed by atoms with Gasteiger partial charge in [-0.05, 0) is 12.1 Å². The highest BCUT2D eigenvalue weighted by Gasteiger charge is 2.13. The highest BCUT2D eigenvalue weighted by molar-refractivity contribution is 5.67. The van der Waals surface area contributed by atoms with Gasteiger partial charge in [0.15, 0.2) is 0 Å². The standard InChI is InChI=1S/C10H12N2O4/c1-8(13)15-12(16-9(2)14)7-10-5-3-4-6-11-10/h3-6H,7H2,1-2H3. The second-order valence-corrected chi connectivity index (χ2v) is 2.98. The molecule has 0 aliphatic heterocycles. The molecule has 1 rings (SSSR count). The Hall–Kier alpha value is -1.95. The normalized spacial score (nSPS) is 9.94. The van der Waals surface area contributed by atoms with Gasteiger partial charge in [-0.25, -0.2) is 0 Å². The second kappa shape index (κ2) is 5.82. The molecular weight excluding hydrogens is 212 g/mol. The number of hydrogen-bond donors (Lipinski definition) is 0. The molecule has 0 saturated heterocycles. The van der Waals surface area contributed by atoms with E-state index in [0.717, 1.165) is 5.23 Å². The Labute approximate surface area is 92.7 Å². The van der Waals surface area contributed by atoms with Crippen LogP contribution in [0.25, 0.3) is 0 Å². The number of pyridine rings is 1. The van der Waals surface area contributed by atoms with Gasteiger partial charge in [-0.1, -0.05) is 6.07 Å². The molecule has 0 aliphatic carbocycles. The first-order valence-corrected chi connectivity index (χ1v) is 4.62. The van der Waals surface area contributed by atoms with Crippen LogP contribution in [0.3, 0.4) is 0 Å². The first-order valence-electron chi connectivity index (χ1n) is 4.62. The van der Waals surface area contributed by atoms with E-state index in [1.54, 1.807) is 24.4 Å². The maximum atomic E-state index is 10.8. The number of carbonyl (C=O) groups is 2. The SMILES string of the molecule is CC(=O)ON(Cc1ccccn1)OC(C)=O. The average Bonchev–Trinajstić information content (AvgIpc) is 2.16. The molecule has 0 aromatic carbocycles. The van der Waals surface area contributed by atoms with Crippen LogP contribution < -0.4 is 0 Å². The van der Waals surface area contributed by atoms with Gasteiger partial charge in [0.2, 0.25) is 0 Å². The molecule has 0 spiro atoms. The van der Waals surface area contributed by atoms with Gasteiger partial charge in [-0.2, -0.15) is 0 Å². The maximum absolute atomic E-state index is 10.8. The van der Waals surface area contributed by atoms with E-state index in [2.05, 4.69) is 14.7 Å². The Bertz CT molecular complexity index is 350. The van der Waals surface area contributed by atoms with Crippen molar-refractivity contribution < 1.29 is 19.3 Å². The summed E-state index contributed by atoms with van der Waals surface area (Å²) >= 11 is 0. The summed E-state index contributed by atoms with van der Waals surface area (Å²) in [6.07, 6.45) is 1.59. The van der Waals surface area contributed by atoms with Gasteiger partial charge >= 0.3 is 11.9 Å². The second-order valence-electron chi connectivity index (χ2n) is 2.98. The van der Waals surface area contributed by atoms with E-state index >= 15 is 0 Å². The van der Waals surface area contributed by atoms with Crippen molar-refractivity contribution in [2.75, 3.05) is 0 Å². The molecule has 0 fully saturated rings. The minimum Gasteiger partial charge on any atom is -0.333 e. The molecule has 0 unspecified atom stereocenters. The zero-order chi connectivity index (χ0) is 12.0. The summed E-state index contributed by atoms with van der Waals surface area (Å²) in [5.74, 6) is -1.14. The van der Waals surface area contributed by atoms with Crippen molar-refractivity contribution >= 4 is 11.9 Å². The van der Waals surface area contributed by atoms with Gasteiger partial charge in [0, 0.05) is 25.3 Å². The van der Waals surface area contributed by atoms with Gasteiger partial charge in [0.1, 0.15) is 6.54 Å². The molecule has 6 nitrogen and oxygen atoms in total. The zero-order valence-corrected chi connectivity index (χ0v) is 9.04. The van der Waals surface area contributed by atoms with E-state index in [-0.39, 0.29) is 6.54 Å². The average molecular weight is 224 g/mol. The molecule has 16 heavy (non-hydrogen) atoms. The molecule has 0 amide bonds. The van der Waals surface area contributed by atoms with E-state index in [1.165, 1.54) is 13.8 Å². The molecule has 0 saturated carbocycles. The van der Waals surface area contributed by atoms with E-state index in [0.29, 0.717) is 5.69 Å². The molecule has 0 radical (unpaired) electrons. The van der Waals surface area contributed by atoms with Crippen molar-refractivity contribution in [2.45, 2.75) is 20.4 Å². The molecule has 86 valence electrons. The van der Waals surface area contributed by atoms with E-state index in [4.69, 9.17) is 0 Å². The maximum Gasteiger partial charge on any atom is 0.326 e. The number of nitrogens with zero attached hydrogens (tertiary/aromatic N) is 2. The largest absolute Gasteiger partial charge is 0.333 e. The van der Waals surface area contributed by atoms with E-state index in [9.17, 15) is 9.59 Å². The minimum absolute atomic E-state index is 0.0833. The quantitative estimate of drug-likeness (QED) is 0.706. The summed E-state index contributed by atoms with van der Waals surface area (Å²) in [7, 11) is 0. The molecule has 0 bridgehead atoms. The van der Waals surface area contributed by atoms with Crippen LogP contribution >= 0.6 is 0 Å². The highest BCUT2D eigenvalue weighted by Crippen LogP contribution is 2.03. The number of carbonyl (C=O) groups excluding carboxylic acids is 2. The summed E-state index contributed by atoms with van der Waals surface area (Å²) in [5, 5.41) is 0.799. The van der Waals surface area contributed by atoms with E-state index in [1.807, 2.05) is 0 Å². The van der Waals surface area contributed by atoms with Crippen LogP contribution in [0.1, 0.15) is 19.5 Å². The van der Waals surface area contributed by atoms with Crippen LogP contribution in [0, 0.1) is 0 Å². The Kier molecular flexibility index (Phi) is 4.41. The summed E-state index contributed by atoms with van der Waals surface area (Å²) in [4.78, 5) is 34.9. The smallest absolute Gasteiger partial charge is 0.326 e. The number of hydrogen-bond acceptors (Lipinski definition) is 6. The fourth-order valence-electron chi connectivity index (χ4n) is 0.994. The molecule has 0 N–H and O–H groups in total. The molecule has 0 atom stereocenters. The number of rotatable bonds is 4. The summed E-state index contributed by atoms with van der Waals surface area (Å²) in [5.41, 5.74) is 0.616. The topological polar surface area (TPSA) is 68.7 Å². The third kappa shape index (κ3) is 4.52. The molecule has 1 heterocycles. The fourth-order valence-corrected chi connectivity index (χ4v) is 0.994. The van der Waals surface area contributed by atoms with Crippen LogP contribution in [0.2, 0.25) is 0 Å². The van der Waals surface area contributed by atoms with Gasteiger partial charge in [0.25, 0.3) is 0 Å². The highest BCUT2D eigenvalue weighted by atomic mass is 17.0. The van der Waals surface area contributed by atoms with Crippen molar-refractivity contribution in [1.29, 1.82) is 0 Å². The van der Waals surface area contributed by atoms with E-state index < -0.39 is 11.9 Å². The van der Waals surface area contributed by atoms with Crippen LogP contribution in [0.15, 0.2) is 24.4 Å². The van der Waals surface area contributed by atoms with Gasteiger partial charge < -0.3 is 9.68 Å².